The van der Waals surface area contributed by atoms with Gasteiger partial charge in [0.05, 0.1) is 22.0 Å². The summed E-state index contributed by atoms with van der Waals surface area (Å²) in [6.45, 7) is 3.05. The van der Waals surface area contributed by atoms with Crippen LogP contribution < -0.4 is 10.6 Å². The van der Waals surface area contributed by atoms with Gasteiger partial charge in [-0.25, -0.2) is 9.48 Å². The van der Waals surface area contributed by atoms with Crippen molar-refractivity contribution in [2.45, 2.75) is 38.6 Å². The molecule has 8 nitrogen and oxygen atoms in total. The van der Waals surface area contributed by atoms with Gasteiger partial charge in [-0.2, -0.15) is 5.10 Å². The summed E-state index contributed by atoms with van der Waals surface area (Å²) in [5.41, 5.74) is 1.99. The van der Waals surface area contributed by atoms with Gasteiger partial charge in [-0.3, -0.25) is 9.59 Å². The highest BCUT2D eigenvalue weighted by Gasteiger charge is 2.29. The summed E-state index contributed by atoms with van der Waals surface area (Å²) < 4.78 is 6.93. The summed E-state index contributed by atoms with van der Waals surface area (Å²) in [7, 11) is 0. The third-order valence-corrected chi connectivity index (χ3v) is 5.99. The van der Waals surface area contributed by atoms with Gasteiger partial charge in [0.15, 0.2) is 6.61 Å². The first-order valence-corrected chi connectivity index (χ1v) is 11.9. The molecule has 0 aliphatic heterocycles. The zero-order valence-electron chi connectivity index (χ0n) is 19.5. The number of carbonyl (C=O) groups is 3. The van der Waals surface area contributed by atoms with Gasteiger partial charge in [-0.1, -0.05) is 55.8 Å². The van der Waals surface area contributed by atoms with Crippen molar-refractivity contribution in [3.63, 3.8) is 0 Å². The summed E-state index contributed by atoms with van der Waals surface area (Å²) in [5.74, 6) is -1.05. The number of hydrogen-bond donors (Lipinski definition) is 2. The van der Waals surface area contributed by atoms with Crippen molar-refractivity contribution >= 4 is 35.2 Å². The van der Waals surface area contributed by atoms with Gasteiger partial charge in [0, 0.05) is 12.0 Å². The average Bonchev–Trinajstić information content (AvgIpc) is 3.62. The first kappa shape index (κ1) is 24.5. The lowest BCUT2D eigenvalue weighted by Crippen LogP contribution is -2.46. The van der Waals surface area contributed by atoms with Crippen molar-refractivity contribution in [2.75, 3.05) is 11.9 Å². The molecule has 2 amide bonds. The van der Waals surface area contributed by atoms with E-state index in [1.165, 1.54) is 0 Å². The van der Waals surface area contributed by atoms with Gasteiger partial charge in [-0.05, 0) is 43.0 Å². The molecule has 1 heterocycles. The number of aromatic nitrogens is 2. The van der Waals surface area contributed by atoms with Crippen LogP contribution in [0, 0.1) is 5.92 Å². The van der Waals surface area contributed by atoms with E-state index in [0.717, 1.165) is 24.2 Å². The van der Waals surface area contributed by atoms with Gasteiger partial charge in [0.25, 0.3) is 11.8 Å². The van der Waals surface area contributed by atoms with E-state index >= 15 is 0 Å². The Bertz CT molecular complexity index is 1220. The molecule has 4 rings (SSSR count). The van der Waals surface area contributed by atoms with Crippen molar-refractivity contribution in [1.82, 2.24) is 15.1 Å². The SMILES string of the molecule is CC(C)[C@H](NC(=O)c1ccccc1Cl)C(=O)OCC(=O)Nc1cc(C2CC2)nn1-c1ccccc1. The molecule has 0 spiro atoms. The van der Waals surface area contributed by atoms with Crippen molar-refractivity contribution in [3.8, 4) is 5.69 Å². The van der Waals surface area contributed by atoms with Crippen LogP contribution in [0.15, 0.2) is 60.7 Å². The molecule has 1 aromatic heterocycles. The predicted octanol–water partition coefficient (Wildman–Crippen LogP) is 4.34. The molecule has 0 saturated heterocycles. The third-order valence-electron chi connectivity index (χ3n) is 5.66. The maximum Gasteiger partial charge on any atom is 0.329 e. The molecule has 0 unspecified atom stereocenters. The van der Waals surface area contributed by atoms with Crippen LogP contribution in [0.25, 0.3) is 5.69 Å². The van der Waals surface area contributed by atoms with Crippen molar-refractivity contribution in [1.29, 1.82) is 0 Å². The van der Waals surface area contributed by atoms with Gasteiger partial charge < -0.3 is 15.4 Å². The van der Waals surface area contributed by atoms with Crippen molar-refractivity contribution < 1.29 is 19.1 Å². The number of nitrogens with one attached hydrogen (secondary N) is 2. The number of esters is 1. The number of hydrogen-bond acceptors (Lipinski definition) is 5. The minimum absolute atomic E-state index is 0.256. The Hall–Kier alpha value is -3.65. The second-order valence-corrected chi connectivity index (χ2v) is 9.21. The molecule has 1 aliphatic rings. The first-order chi connectivity index (χ1) is 16.8. The highest BCUT2D eigenvalue weighted by Crippen LogP contribution is 2.40. The molecule has 2 aromatic carbocycles. The second-order valence-electron chi connectivity index (χ2n) is 8.81. The van der Waals surface area contributed by atoms with E-state index in [4.69, 9.17) is 16.3 Å². The molecule has 1 saturated carbocycles. The number of amides is 2. The number of nitrogens with zero attached hydrogens (tertiary/aromatic N) is 2. The standard InChI is InChI=1S/C26H27ClN4O4/c1-16(2)24(29-25(33)19-10-6-7-11-20(19)27)26(34)35-15-23(32)28-22-14-21(17-12-13-17)30-31(22)18-8-4-3-5-9-18/h3-11,14,16-17,24H,12-13,15H2,1-2H3,(H,28,32)(H,29,33)/t24-/m0/s1. The van der Waals surface area contributed by atoms with E-state index in [1.54, 1.807) is 42.8 Å². The largest absolute Gasteiger partial charge is 0.454 e. The maximum absolute atomic E-state index is 12.7. The van der Waals surface area contributed by atoms with Crippen LogP contribution in [0.3, 0.4) is 0 Å². The lowest BCUT2D eigenvalue weighted by molar-refractivity contribution is -0.150. The summed E-state index contributed by atoms with van der Waals surface area (Å²) in [4.78, 5) is 38.0. The number of anilines is 1. The van der Waals surface area contributed by atoms with Crippen LogP contribution >= 0.6 is 11.6 Å². The van der Waals surface area contributed by atoms with E-state index in [-0.39, 0.29) is 16.5 Å². The monoisotopic (exact) mass is 494 g/mol. The number of ether oxygens (including phenoxy) is 1. The zero-order valence-corrected chi connectivity index (χ0v) is 20.3. The van der Waals surface area contributed by atoms with Crippen LogP contribution in [-0.4, -0.2) is 40.2 Å². The quantitative estimate of drug-likeness (QED) is 0.431. The summed E-state index contributed by atoms with van der Waals surface area (Å²) in [6, 6.07) is 17.0. The molecular formula is C26H27ClN4O4. The first-order valence-electron chi connectivity index (χ1n) is 11.5. The lowest BCUT2D eigenvalue weighted by atomic mass is 10.0. The molecule has 182 valence electrons. The van der Waals surface area contributed by atoms with Crippen LogP contribution in [0.4, 0.5) is 5.82 Å². The maximum atomic E-state index is 12.7. The summed E-state index contributed by atoms with van der Waals surface area (Å²) >= 11 is 6.09. The predicted molar refractivity (Wildman–Crippen MR) is 133 cm³/mol. The molecule has 35 heavy (non-hydrogen) atoms. The number of carbonyl (C=O) groups excluding carboxylic acids is 3. The lowest BCUT2D eigenvalue weighted by Gasteiger charge is -2.21. The van der Waals surface area contributed by atoms with E-state index in [0.29, 0.717) is 11.7 Å². The average molecular weight is 495 g/mol. The van der Waals surface area contributed by atoms with Gasteiger partial charge in [-0.15, -0.1) is 0 Å². The molecule has 1 aliphatic carbocycles. The summed E-state index contributed by atoms with van der Waals surface area (Å²) in [5, 5.41) is 10.4. The minimum Gasteiger partial charge on any atom is -0.454 e. The Kier molecular flexibility index (Phi) is 7.51. The van der Waals surface area contributed by atoms with Crippen LogP contribution in [0.5, 0.6) is 0 Å². The fourth-order valence-electron chi connectivity index (χ4n) is 3.60. The number of para-hydroxylation sites is 1. The molecule has 2 N–H and O–H groups in total. The fourth-order valence-corrected chi connectivity index (χ4v) is 3.82. The Labute approximate surface area is 208 Å². The van der Waals surface area contributed by atoms with Crippen LogP contribution in [0.2, 0.25) is 5.02 Å². The Morgan fingerprint density at radius 1 is 1.09 bits per heavy atom. The van der Waals surface area contributed by atoms with E-state index < -0.39 is 30.4 Å². The highest BCUT2D eigenvalue weighted by atomic mass is 35.5. The molecule has 1 atom stereocenters. The molecule has 0 radical (unpaired) electrons. The smallest absolute Gasteiger partial charge is 0.329 e. The van der Waals surface area contributed by atoms with E-state index in [1.807, 2.05) is 36.4 Å². The second kappa shape index (κ2) is 10.7. The minimum atomic E-state index is -0.942. The number of halogens is 1. The van der Waals surface area contributed by atoms with E-state index in [2.05, 4.69) is 15.7 Å². The molecule has 1 fully saturated rings. The molecule has 0 bridgehead atoms. The van der Waals surface area contributed by atoms with Crippen LogP contribution in [-0.2, 0) is 14.3 Å². The highest BCUT2D eigenvalue weighted by molar-refractivity contribution is 6.33. The molecule has 3 aromatic rings. The normalized spacial score (nSPS) is 13.8. The molecule has 9 heteroatoms. The van der Waals surface area contributed by atoms with Crippen molar-refractivity contribution in [2.24, 2.45) is 5.92 Å². The Balaban J connectivity index is 1.39. The topological polar surface area (TPSA) is 102 Å². The number of rotatable bonds is 9. The van der Waals surface area contributed by atoms with Crippen molar-refractivity contribution in [3.05, 3.63) is 76.9 Å². The number of benzene rings is 2. The van der Waals surface area contributed by atoms with Crippen LogP contribution in [0.1, 0.15) is 48.7 Å². The summed E-state index contributed by atoms with van der Waals surface area (Å²) in [6.07, 6.45) is 2.15. The zero-order chi connectivity index (χ0) is 24.9. The van der Waals surface area contributed by atoms with E-state index in [9.17, 15) is 14.4 Å². The fraction of sp³-hybridized carbons (Fsp3) is 0.308. The van der Waals surface area contributed by atoms with Gasteiger partial charge in [0.2, 0.25) is 0 Å². The third kappa shape index (κ3) is 6.08. The van der Waals surface area contributed by atoms with Gasteiger partial charge in [0.1, 0.15) is 11.9 Å². The Morgan fingerprint density at radius 3 is 2.43 bits per heavy atom. The molecular weight excluding hydrogens is 468 g/mol. The van der Waals surface area contributed by atoms with Gasteiger partial charge >= 0.3 is 5.97 Å². The Morgan fingerprint density at radius 2 is 1.77 bits per heavy atom.